The van der Waals surface area contributed by atoms with Crippen LogP contribution in [0.4, 0.5) is 0 Å². The standard InChI is InChI=1S/C19H28O2/c1-5-21-17-8-6-7-15(13-17)18(20)14-9-11-16(12-10-14)19(2,3)4/h6-8,13-14,16H,5,9-12H2,1-4H3. The van der Waals surface area contributed by atoms with E-state index in [2.05, 4.69) is 20.8 Å². The van der Waals surface area contributed by atoms with Crippen LogP contribution < -0.4 is 4.74 Å². The molecule has 1 fully saturated rings. The largest absolute Gasteiger partial charge is 0.494 e. The maximum absolute atomic E-state index is 12.7. The lowest BCUT2D eigenvalue weighted by Gasteiger charge is -2.36. The second-order valence-electron chi connectivity index (χ2n) is 7.24. The molecule has 2 rings (SSSR count). The number of rotatable bonds is 4. The summed E-state index contributed by atoms with van der Waals surface area (Å²) in [5.74, 6) is 2.03. The first-order chi connectivity index (χ1) is 9.91. The van der Waals surface area contributed by atoms with E-state index in [1.54, 1.807) is 0 Å². The van der Waals surface area contributed by atoms with E-state index in [9.17, 15) is 4.79 Å². The van der Waals surface area contributed by atoms with Crippen molar-refractivity contribution in [3.05, 3.63) is 29.8 Å². The molecule has 116 valence electrons. The summed E-state index contributed by atoms with van der Waals surface area (Å²) in [4.78, 5) is 12.7. The molecular formula is C19H28O2. The van der Waals surface area contributed by atoms with Gasteiger partial charge in [-0.25, -0.2) is 0 Å². The van der Waals surface area contributed by atoms with Gasteiger partial charge in [0.25, 0.3) is 0 Å². The van der Waals surface area contributed by atoms with E-state index in [1.807, 2.05) is 31.2 Å². The van der Waals surface area contributed by atoms with Gasteiger partial charge in [0.15, 0.2) is 5.78 Å². The molecule has 0 aromatic heterocycles. The van der Waals surface area contributed by atoms with Gasteiger partial charge >= 0.3 is 0 Å². The van der Waals surface area contributed by atoms with Crippen molar-refractivity contribution in [2.75, 3.05) is 6.61 Å². The summed E-state index contributed by atoms with van der Waals surface area (Å²) < 4.78 is 5.49. The average Bonchev–Trinajstić information content (AvgIpc) is 2.46. The Morgan fingerprint density at radius 1 is 1.19 bits per heavy atom. The molecule has 21 heavy (non-hydrogen) atoms. The Bertz CT molecular complexity index is 477. The van der Waals surface area contributed by atoms with Gasteiger partial charge < -0.3 is 4.74 Å². The van der Waals surface area contributed by atoms with E-state index < -0.39 is 0 Å². The van der Waals surface area contributed by atoms with E-state index in [-0.39, 0.29) is 5.92 Å². The Kier molecular flexibility index (Phi) is 5.08. The molecule has 0 atom stereocenters. The fourth-order valence-electron chi connectivity index (χ4n) is 3.36. The molecule has 0 radical (unpaired) electrons. The van der Waals surface area contributed by atoms with Crippen LogP contribution in [0.25, 0.3) is 0 Å². The van der Waals surface area contributed by atoms with E-state index in [0.717, 1.165) is 30.1 Å². The number of ketones is 1. The fourth-order valence-corrected chi connectivity index (χ4v) is 3.36. The molecule has 1 aromatic carbocycles. The van der Waals surface area contributed by atoms with Crippen LogP contribution in [0.5, 0.6) is 5.75 Å². The zero-order chi connectivity index (χ0) is 15.5. The maximum Gasteiger partial charge on any atom is 0.166 e. The van der Waals surface area contributed by atoms with Crippen molar-refractivity contribution < 1.29 is 9.53 Å². The third kappa shape index (κ3) is 4.09. The van der Waals surface area contributed by atoms with Gasteiger partial charge in [-0.15, -0.1) is 0 Å². The fraction of sp³-hybridized carbons (Fsp3) is 0.632. The van der Waals surface area contributed by atoms with Gasteiger partial charge in [0.2, 0.25) is 0 Å². The summed E-state index contributed by atoms with van der Waals surface area (Å²) in [6, 6.07) is 7.64. The normalized spacial score (nSPS) is 22.9. The molecule has 1 aromatic rings. The third-order valence-corrected chi connectivity index (χ3v) is 4.75. The first-order valence-corrected chi connectivity index (χ1v) is 8.19. The van der Waals surface area contributed by atoms with Crippen LogP contribution in [0.15, 0.2) is 24.3 Å². The minimum Gasteiger partial charge on any atom is -0.494 e. The van der Waals surface area contributed by atoms with Crippen molar-refractivity contribution in [2.45, 2.75) is 53.4 Å². The molecule has 0 bridgehead atoms. The molecule has 0 spiro atoms. The predicted octanol–water partition coefficient (Wildman–Crippen LogP) is 5.12. The summed E-state index contributed by atoms with van der Waals surface area (Å²) in [5, 5.41) is 0. The number of ether oxygens (including phenoxy) is 1. The highest BCUT2D eigenvalue weighted by atomic mass is 16.5. The van der Waals surface area contributed by atoms with Crippen LogP contribution in [0.1, 0.15) is 63.7 Å². The number of carbonyl (C=O) groups is 1. The molecule has 0 heterocycles. The van der Waals surface area contributed by atoms with E-state index in [1.165, 1.54) is 12.8 Å². The van der Waals surface area contributed by atoms with Crippen molar-refractivity contribution in [1.82, 2.24) is 0 Å². The SMILES string of the molecule is CCOc1cccc(C(=O)C2CCC(C(C)(C)C)CC2)c1. The summed E-state index contributed by atoms with van der Waals surface area (Å²) in [6.07, 6.45) is 4.40. The lowest BCUT2D eigenvalue weighted by Crippen LogP contribution is -2.28. The Morgan fingerprint density at radius 3 is 2.43 bits per heavy atom. The van der Waals surface area contributed by atoms with Crippen molar-refractivity contribution in [3.8, 4) is 5.75 Å². The lowest BCUT2D eigenvalue weighted by molar-refractivity contribution is 0.0819. The number of hydrogen-bond donors (Lipinski definition) is 0. The lowest BCUT2D eigenvalue weighted by atomic mass is 9.69. The average molecular weight is 288 g/mol. The summed E-state index contributed by atoms with van der Waals surface area (Å²) in [6.45, 7) is 9.53. The van der Waals surface area contributed by atoms with E-state index in [0.29, 0.717) is 17.8 Å². The quantitative estimate of drug-likeness (QED) is 0.719. The van der Waals surface area contributed by atoms with Gasteiger partial charge in [-0.05, 0) is 56.1 Å². The zero-order valence-corrected chi connectivity index (χ0v) is 13.8. The molecule has 1 saturated carbocycles. The van der Waals surface area contributed by atoms with Crippen molar-refractivity contribution in [1.29, 1.82) is 0 Å². The predicted molar refractivity (Wildman–Crippen MR) is 86.8 cm³/mol. The second-order valence-corrected chi connectivity index (χ2v) is 7.24. The minimum atomic E-state index is 0.195. The van der Waals surface area contributed by atoms with Crippen LogP contribution in [0.2, 0.25) is 0 Å². The third-order valence-electron chi connectivity index (χ3n) is 4.75. The van der Waals surface area contributed by atoms with Crippen LogP contribution in [0.3, 0.4) is 0 Å². The zero-order valence-electron chi connectivity index (χ0n) is 13.8. The number of carbonyl (C=O) groups excluding carboxylic acids is 1. The van der Waals surface area contributed by atoms with Crippen molar-refractivity contribution in [3.63, 3.8) is 0 Å². The number of hydrogen-bond acceptors (Lipinski definition) is 2. The van der Waals surface area contributed by atoms with Gasteiger partial charge in [-0.3, -0.25) is 4.79 Å². The van der Waals surface area contributed by atoms with Crippen molar-refractivity contribution >= 4 is 5.78 Å². The first-order valence-electron chi connectivity index (χ1n) is 8.19. The monoisotopic (exact) mass is 288 g/mol. The topological polar surface area (TPSA) is 26.3 Å². The summed E-state index contributed by atoms with van der Waals surface area (Å²) in [7, 11) is 0. The first kappa shape index (κ1) is 16.1. The molecule has 0 N–H and O–H groups in total. The number of benzene rings is 1. The minimum absolute atomic E-state index is 0.195. The van der Waals surface area contributed by atoms with Crippen LogP contribution in [-0.2, 0) is 0 Å². The van der Waals surface area contributed by atoms with Gasteiger partial charge in [0, 0.05) is 11.5 Å². The Balaban J connectivity index is 2.00. The van der Waals surface area contributed by atoms with Gasteiger partial charge in [0.1, 0.15) is 5.75 Å². The molecule has 1 aliphatic carbocycles. The van der Waals surface area contributed by atoms with Gasteiger partial charge in [-0.2, -0.15) is 0 Å². The van der Waals surface area contributed by atoms with E-state index >= 15 is 0 Å². The van der Waals surface area contributed by atoms with Gasteiger partial charge in [0.05, 0.1) is 6.61 Å². The number of Topliss-reactive ketones (excluding diaryl/α,β-unsaturated/α-hetero) is 1. The molecule has 0 amide bonds. The van der Waals surface area contributed by atoms with Crippen LogP contribution in [-0.4, -0.2) is 12.4 Å². The van der Waals surface area contributed by atoms with Crippen LogP contribution >= 0.6 is 0 Å². The molecule has 2 nitrogen and oxygen atoms in total. The molecule has 2 heteroatoms. The molecular weight excluding hydrogens is 260 g/mol. The Labute approximate surface area is 128 Å². The Hall–Kier alpha value is -1.31. The Morgan fingerprint density at radius 2 is 1.86 bits per heavy atom. The van der Waals surface area contributed by atoms with Crippen LogP contribution in [0, 0.1) is 17.3 Å². The molecule has 1 aliphatic rings. The highest BCUT2D eigenvalue weighted by Gasteiger charge is 2.32. The van der Waals surface area contributed by atoms with Crippen molar-refractivity contribution in [2.24, 2.45) is 17.3 Å². The summed E-state index contributed by atoms with van der Waals surface area (Å²) >= 11 is 0. The maximum atomic E-state index is 12.7. The molecule has 0 aliphatic heterocycles. The molecule has 0 unspecified atom stereocenters. The highest BCUT2D eigenvalue weighted by Crippen LogP contribution is 2.40. The smallest absolute Gasteiger partial charge is 0.166 e. The van der Waals surface area contributed by atoms with Gasteiger partial charge in [-0.1, -0.05) is 32.9 Å². The highest BCUT2D eigenvalue weighted by molar-refractivity contribution is 5.98. The summed E-state index contributed by atoms with van der Waals surface area (Å²) in [5.41, 5.74) is 1.17. The second kappa shape index (κ2) is 6.64. The van der Waals surface area contributed by atoms with E-state index in [4.69, 9.17) is 4.74 Å². The molecule has 0 saturated heterocycles.